The maximum Gasteiger partial charge on any atom is 0.264 e. The van der Waals surface area contributed by atoms with Gasteiger partial charge in [-0.25, -0.2) is 0 Å². The Bertz CT molecular complexity index is 1510. The number of rotatable bonds is 12. The van der Waals surface area contributed by atoms with Gasteiger partial charge in [-0.05, 0) is 41.5 Å². The maximum absolute atomic E-state index is 13.9. The van der Waals surface area contributed by atoms with E-state index in [0.717, 1.165) is 16.8 Å². The zero-order valence-electron chi connectivity index (χ0n) is 24.5. The lowest BCUT2D eigenvalue weighted by Gasteiger charge is -2.31. The number of hydrogen-bond donors (Lipinski definition) is 2. The predicted octanol–water partition coefficient (Wildman–Crippen LogP) is 3.77. The number of carbonyl (C=O) groups is 3. The zero-order chi connectivity index (χ0) is 30.6. The van der Waals surface area contributed by atoms with Gasteiger partial charge in [0.1, 0.15) is 5.75 Å². The van der Waals surface area contributed by atoms with E-state index in [4.69, 9.17) is 4.74 Å². The van der Waals surface area contributed by atoms with Crippen molar-refractivity contribution in [3.8, 4) is 5.75 Å². The van der Waals surface area contributed by atoms with Gasteiger partial charge in [-0.3, -0.25) is 14.4 Å². The lowest BCUT2D eigenvalue weighted by atomic mass is 9.83. The lowest BCUT2D eigenvalue weighted by Crippen LogP contribution is -2.44. The average molecular weight is 584 g/mol. The minimum absolute atomic E-state index is 0.0575. The molecule has 1 fully saturated rings. The minimum Gasteiger partial charge on any atom is -0.497 e. The molecule has 2 aliphatic rings. The van der Waals surface area contributed by atoms with Crippen molar-refractivity contribution in [1.82, 2.24) is 4.90 Å². The van der Waals surface area contributed by atoms with Gasteiger partial charge in [0.15, 0.2) is 5.60 Å². The van der Waals surface area contributed by atoms with E-state index in [9.17, 15) is 24.6 Å². The van der Waals surface area contributed by atoms with Gasteiger partial charge in [0.2, 0.25) is 11.8 Å². The number of β-lactam (4-membered cyclic amide) rings is 1. The highest BCUT2D eigenvalue weighted by molar-refractivity contribution is 6.07. The molecule has 0 radical (unpaired) electrons. The third-order valence-corrected chi connectivity index (χ3v) is 8.23. The summed E-state index contributed by atoms with van der Waals surface area (Å²) >= 11 is 0. The Kier molecular flexibility index (Phi) is 8.94. The van der Waals surface area contributed by atoms with Crippen LogP contribution < -0.4 is 14.5 Å². The van der Waals surface area contributed by atoms with Gasteiger partial charge in [-0.2, -0.15) is 0 Å². The summed E-state index contributed by atoms with van der Waals surface area (Å²) < 4.78 is 5.41. The van der Waals surface area contributed by atoms with Gasteiger partial charge in [-0.15, -0.1) is 0 Å². The molecule has 3 aromatic rings. The largest absolute Gasteiger partial charge is 0.497 e. The second kappa shape index (κ2) is 12.8. The van der Waals surface area contributed by atoms with Crippen molar-refractivity contribution in [2.24, 2.45) is 5.92 Å². The summed E-state index contributed by atoms with van der Waals surface area (Å²) in [7, 11) is 1.53. The molecule has 0 unspecified atom stereocenters. The predicted molar refractivity (Wildman–Crippen MR) is 163 cm³/mol. The fraction of sp³-hybridized carbons (Fsp3) is 0.324. The van der Waals surface area contributed by atoms with Crippen LogP contribution >= 0.6 is 0 Å². The fourth-order valence-corrected chi connectivity index (χ4v) is 5.62. The molecule has 5 rings (SSSR count). The maximum atomic E-state index is 13.9. The van der Waals surface area contributed by atoms with Crippen LogP contribution in [0.1, 0.15) is 36.5 Å². The number of benzene rings is 3. The fourth-order valence-electron chi connectivity index (χ4n) is 5.62. The molecule has 3 amide bonds. The number of ether oxygens (including phenoxy) is 1. The standard InChI is InChI=1S/C34H37N3O6/c1-24(7-6-10-31(39)35(19-20-38)22-25-8-4-3-5-9-25)34(42)29-21-28(43-2)15-16-30(29)37(33(34)41)23-26-11-13-27(14-12-26)36-18-17-32(36)40/h3-9,11-16,21,24,38,42H,10,17-20,22-23H2,1-2H3/b7-6+/t24-,34+/m1/s1. The van der Waals surface area contributed by atoms with Crippen LogP contribution in [0.25, 0.3) is 0 Å². The lowest BCUT2D eigenvalue weighted by molar-refractivity contribution is -0.139. The second-order valence-electron chi connectivity index (χ2n) is 10.9. The molecule has 2 atom stereocenters. The van der Waals surface area contributed by atoms with Crippen LogP contribution in [0.5, 0.6) is 5.75 Å². The van der Waals surface area contributed by atoms with Crippen molar-refractivity contribution in [2.75, 3.05) is 36.6 Å². The molecule has 9 heteroatoms. The highest BCUT2D eigenvalue weighted by Gasteiger charge is 2.52. The first kappa shape index (κ1) is 30.0. The molecule has 0 bridgehead atoms. The van der Waals surface area contributed by atoms with Crippen LogP contribution in [0.4, 0.5) is 11.4 Å². The van der Waals surface area contributed by atoms with Gasteiger partial charge in [0, 0.05) is 49.6 Å². The number of methoxy groups -OCH3 is 1. The normalized spacial score (nSPS) is 18.5. The average Bonchev–Trinajstić information content (AvgIpc) is 3.23. The molecule has 2 N–H and O–H groups in total. The Labute approximate surface area is 251 Å². The molecule has 0 spiro atoms. The van der Waals surface area contributed by atoms with Crippen molar-refractivity contribution in [3.05, 3.63) is 102 Å². The van der Waals surface area contributed by atoms with Crippen LogP contribution in [-0.2, 0) is 33.1 Å². The summed E-state index contributed by atoms with van der Waals surface area (Å²) in [5.41, 5.74) is 1.79. The second-order valence-corrected chi connectivity index (χ2v) is 10.9. The van der Waals surface area contributed by atoms with E-state index in [1.807, 2.05) is 54.6 Å². The summed E-state index contributed by atoms with van der Waals surface area (Å²) in [6, 6.07) is 22.3. The van der Waals surface area contributed by atoms with Gasteiger partial charge in [-0.1, -0.05) is 61.5 Å². The van der Waals surface area contributed by atoms with Crippen molar-refractivity contribution < 1.29 is 29.3 Å². The topological polar surface area (TPSA) is 111 Å². The summed E-state index contributed by atoms with van der Waals surface area (Å²) in [6.45, 7) is 3.12. The van der Waals surface area contributed by atoms with Crippen LogP contribution in [0, 0.1) is 5.92 Å². The summed E-state index contributed by atoms with van der Waals surface area (Å²) in [4.78, 5) is 43.6. The smallest absolute Gasteiger partial charge is 0.264 e. The van der Waals surface area contributed by atoms with Gasteiger partial charge < -0.3 is 29.6 Å². The first-order chi connectivity index (χ1) is 20.8. The van der Waals surface area contributed by atoms with Crippen molar-refractivity contribution in [3.63, 3.8) is 0 Å². The molecule has 0 saturated carbocycles. The Morgan fingerprint density at radius 2 is 1.81 bits per heavy atom. The van der Waals surface area contributed by atoms with E-state index in [-0.39, 0.29) is 37.9 Å². The molecule has 43 heavy (non-hydrogen) atoms. The molecule has 0 aromatic heterocycles. The summed E-state index contributed by atoms with van der Waals surface area (Å²) in [5, 5.41) is 21.5. The van der Waals surface area contributed by atoms with Gasteiger partial charge >= 0.3 is 0 Å². The molecule has 1 saturated heterocycles. The Balaban J connectivity index is 1.33. The van der Waals surface area contributed by atoms with Crippen molar-refractivity contribution in [2.45, 2.75) is 38.5 Å². The molecule has 9 nitrogen and oxygen atoms in total. The Morgan fingerprint density at radius 3 is 2.44 bits per heavy atom. The molecule has 0 aliphatic carbocycles. The van der Waals surface area contributed by atoms with E-state index in [2.05, 4.69) is 0 Å². The molecule has 2 aliphatic heterocycles. The van der Waals surface area contributed by atoms with E-state index in [0.29, 0.717) is 36.5 Å². The Hall–Kier alpha value is -4.47. The molecule has 3 aromatic carbocycles. The van der Waals surface area contributed by atoms with Gasteiger partial charge in [0.25, 0.3) is 5.91 Å². The highest BCUT2D eigenvalue weighted by atomic mass is 16.5. The first-order valence-corrected chi connectivity index (χ1v) is 14.5. The van der Waals surface area contributed by atoms with Crippen LogP contribution in [0.2, 0.25) is 0 Å². The monoisotopic (exact) mass is 583 g/mol. The van der Waals surface area contributed by atoms with Crippen molar-refractivity contribution in [1.29, 1.82) is 0 Å². The van der Waals surface area contributed by atoms with E-state index >= 15 is 0 Å². The van der Waals surface area contributed by atoms with Crippen LogP contribution in [0.3, 0.4) is 0 Å². The summed E-state index contributed by atoms with van der Waals surface area (Å²) in [5.74, 6) is -0.687. The number of carbonyl (C=O) groups excluding carboxylic acids is 3. The Morgan fingerprint density at radius 1 is 1.07 bits per heavy atom. The van der Waals surface area contributed by atoms with E-state index in [1.165, 1.54) is 7.11 Å². The number of aliphatic hydroxyl groups is 2. The molecule has 224 valence electrons. The molecular weight excluding hydrogens is 546 g/mol. The van der Waals surface area contributed by atoms with Crippen LogP contribution in [0.15, 0.2) is 84.9 Å². The SMILES string of the molecule is COc1ccc2c(c1)[C@@](O)([C@H](C)/C=C/CC(=O)N(CCO)Cc1ccccc1)C(=O)N2Cc1ccc(N2CCC2=O)cc1. The number of fused-ring (bicyclic) bond motifs is 1. The third-order valence-electron chi connectivity index (χ3n) is 8.23. The molecule has 2 heterocycles. The number of amides is 3. The quantitative estimate of drug-likeness (QED) is 0.248. The minimum atomic E-state index is -1.87. The zero-order valence-corrected chi connectivity index (χ0v) is 24.5. The first-order valence-electron chi connectivity index (χ1n) is 14.5. The van der Waals surface area contributed by atoms with E-state index in [1.54, 1.807) is 52.0 Å². The number of hydrogen-bond acceptors (Lipinski definition) is 6. The highest BCUT2D eigenvalue weighted by Crippen LogP contribution is 2.47. The van der Waals surface area contributed by atoms with E-state index < -0.39 is 17.4 Å². The third kappa shape index (κ3) is 6.04. The van der Waals surface area contributed by atoms with Crippen molar-refractivity contribution >= 4 is 29.1 Å². The van der Waals surface area contributed by atoms with Gasteiger partial charge in [0.05, 0.1) is 25.9 Å². The number of anilines is 2. The number of nitrogens with zero attached hydrogens (tertiary/aromatic N) is 3. The van der Waals surface area contributed by atoms with Crippen LogP contribution in [-0.4, -0.2) is 59.6 Å². The molecular formula is C34H37N3O6. The summed E-state index contributed by atoms with van der Waals surface area (Å²) in [6.07, 6.45) is 3.98. The number of aliphatic hydroxyl groups excluding tert-OH is 1.